The Kier molecular flexibility index (Phi) is 8.52. The summed E-state index contributed by atoms with van der Waals surface area (Å²) in [6, 6.07) is 12.2. The lowest BCUT2D eigenvalue weighted by molar-refractivity contribution is 0.416. The van der Waals surface area contributed by atoms with Gasteiger partial charge >= 0.3 is 0 Å². The Hall–Kier alpha value is -3.62. The van der Waals surface area contributed by atoms with E-state index in [0.717, 1.165) is 11.3 Å². The summed E-state index contributed by atoms with van der Waals surface area (Å²) in [7, 11) is -4.57. The molecule has 0 unspecified atom stereocenters. The van der Waals surface area contributed by atoms with Crippen molar-refractivity contribution in [3.05, 3.63) is 48.0 Å². The highest BCUT2D eigenvalue weighted by Crippen LogP contribution is 2.36. The first kappa shape index (κ1) is 28.9. The van der Waals surface area contributed by atoms with E-state index in [1.807, 2.05) is 18.2 Å². The number of anilines is 6. The summed E-state index contributed by atoms with van der Waals surface area (Å²) in [4.78, 5) is 11.6. The van der Waals surface area contributed by atoms with Gasteiger partial charge in [-0.1, -0.05) is 12.1 Å². The standard InChI is InChI=1S/C27H35N7O5S2/c1-17(2)33-41(37,38)24-7-5-4-6-22(24)29-26-20-10-13-28-25(20)31-27(32-26)30-21-9-8-18(16-23(21)39-3)34-14-11-19(12-15-34)40(35)36/h4-9,16-17,19,33,40H,10-15H2,1-3H3,(H3,28,29,30,31,32). The van der Waals surface area contributed by atoms with E-state index >= 15 is 0 Å². The summed E-state index contributed by atoms with van der Waals surface area (Å²) in [5, 5.41) is 9.49. The van der Waals surface area contributed by atoms with Crippen LogP contribution in [0.25, 0.3) is 0 Å². The molecule has 2 aromatic carbocycles. The van der Waals surface area contributed by atoms with Crippen LogP contribution in [0, 0.1) is 0 Å². The van der Waals surface area contributed by atoms with E-state index in [4.69, 9.17) is 9.72 Å². The third-order valence-corrected chi connectivity index (χ3v) is 9.88. The highest BCUT2D eigenvalue weighted by Gasteiger charge is 2.25. The van der Waals surface area contributed by atoms with Gasteiger partial charge in [-0.05, 0) is 57.4 Å². The Bertz CT molecular complexity index is 1600. The predicted octanol–water partition coefficient (Wildman–Crippen LogP) is 3.21. The van der Waals surface area contributed by atoms with Crippen molar-refractivity contribution in [2.24, 2.45) is 0 Å². The second-order valence-electron chi connectivity index (χ2n) is 10.3. The Labute approximate surface area is 241 Å². The van der Waals surface area contributed by atoms with Crippen LogP contribution in [0.15, 0.2) is 47.4 Å². The van der Waals surface area contributed by atoms with E-state index in [-0.39, 0.29) is 16.2 Å². The van der Waals surface area contributed by atoms with Gasteiger partial charge < -0.3 is 25.6 Å². The van der Waals surface area contributed by atoms with Gasteiger partial charge in [-0.3, -0.25) is 0 Å². The van der Waals surface area contributed by atoms with Crippen LogP contribution in [0.2, 0.25) is 0 Å². The van der Waals surface area contributed by atoms with E-state index in [1.165, 1.54) is 0 Å². The van der Waals surface area contributed by atoms with Crippen LogP contribution in [-0.4, -0.2) is 64.8 Å². The van der Waals surface area contributed by atoms with Crippen molar-refractivity contribution in [3.8, 4) is 5.75 Å². The molecule has 220 valence electrons. The average molecular weight is 602 g/mol. The zero-order valence-electron chi connectivity index (χ0n) is 23.2. The molecule has 12 nitrogen and oxygen atoms in total. The summed E-state index contributed by atoms with van der Waals surface area (Å²) >= 11 is 0. The van der Waals surface area contributed by atoms with Gasteiger partial charge in [-0.25, -0.2) is 21.6 Å². The predicted molar refractivity (Wildman–Crippen MR) is 161 cm³/mol. The zero-order valence-corrected chi connectivity index (χ0v) is 24.9. The molecule has 41 heavy (non-hydrogen) atoms. The van der Waals surface area contributed by atoms with E-state index < -0.39 is 20.7 Å². The van der Waals surface area contributed by atoms with Gasteiger partial charge in [0.1, 0.15) is 33.0 Å². The van der Waals surface area contributed by atoms with E-state index in [9.17, 15) is 16.8 Å². The van der Waals surface area contributed by atoms with Gasteiger partial charge in [0.25, 0.3) is 0 Å². The number of piperidine rings is 1. The average Bonchev–Trinajstić information content (AvgIpc) is 3.42. The SMILES string of the molecule is COc1cc(N2CCC([SH](=O)=O)CC2)ccc1Nc1nc2c(c(Nc3ccccc3S(=O)(=O)NC(C)C)n1)CCN2. The number of methoxy groups -OCH3 is 1. The van der Waals surface area contributed by atoms with Gasteiger partial charge in [0.2, 0.25) is 16.0 Å². The topological polar surface area (TPSA) is 155 Å². The summed E-state index contributed by atoms with van der Waals surface area (Å²) in [5.41, 5.74) is 2.87. The number of nitrogens with zero attached hydrogens (tertiary/aromatic N) is 3. The first-order valence-corrected chi connectivity index (χ1v) is 16.2. The van der Waals surface area contributed by atoms with Crippen LogP contribution in [0.1, 0.15) is 32.3 Å². The maximum atomic E-state index is 13.0. The van der Waals surface area contributed by atoms with Gasteiger partial charge in [0.05, 0.1) is 23.7 Å². The van der Waals surface area contributed by atoms with Gasteiger partial charge in [0.15, 0.2) is 0 Å². The minimum absolute atomic E-state index is 0.130. The molecule has 2 aliphatic heterocycles. The van der Waals surface area contributed by atoms with Gasteiger partial charge in [-0.2, -0.15) is 9.97 Å². The molecule has 0 atom stereocenters. The number of aromatic nitrogens is 2. The van der Waals surface area contributed by atoms with Crippen LogP contribution in [0.3, 0.4) is 0 Å². The summed E-state index contributed by atoms with van der Waals surface area (Å²) < 4.78 is 57.0. The summed E-state index contributed by atoms with van der Waals surface area (Å²) in [6.07, 6.45) is 1.89. The third kappa shape index (κ3) is 6.49. The molecule has 0 saturated carbocycles. The van der Waals surface area contributed by atoms with Crippen LogP contribution in [-0.2, 0) is 27.1 Å². The molecule has 0 amide bonds. The van der Waals surface area contributed by atoms with Crippen LogP contribution in [0.5, 0.6) is 5.75 Å². The number of hydrogen-bond acceptors (Lipinski definition) is 11. The van der Waals surface area contributed by atoms with Crippen LogP contribution < -0.4 is 30.3 Å². The fourth-order valence-corrected chi connectivity index (χ4v) is 7.14. The van der Waals surface area contributed by atoms with Gasteiger partial charge in [-0.15, -0.1) is 0 Å². The van der Waals surface area contributed by atoms with Crippen molar-refractivity contribution in [3.63, 3.8) is 0 Å². The number of nitrogens with one attached hydrogen (secondary N) is 4. The van der Waals surface area contributed by atoms with Crippen molar-refractivity contribution in [2.75, 3.05) is 47.6 Å². The molecule has 4 N–H and O–H groups in total. The molecule has 14 heteroatoms. The first-order chi connectivity index (χ1) is 19.6. The minimum Gasteiger partial charge on any atom is -0.494 e. The highest BCUT2D eigenvalue weighted by atomic mass is 32.2. The number of ether oxygens (including phenoxy) is 1. The number of thiol groups is 1. The molecule has 3 aromatic rings. The smallest absolute Gasteiger partial charge is 0.242 e. The number of sulfonamides is 1. The molecule has 1 saturated heterocycles. The molecule has 5 rings (SSSR count). The van der Waals surface area contributed by atoms with Crippen molar-refractivity contribution >= 4 is 55.4 Å². The molecule has 0 radical (unpaired) electrons. The lowest BCUT2D eigenvalue weighted by atomic mass is 10.1. The lowest BCUT2D eigenvalue weighted by Gasteiger charge is -2.31. The van der Waals surface area contributed by atoms with Crippen LogP contribution in [0.4, 0.5) is 34.6 Å². The number of fused-ring (bicyclic) bond motifs is 1. The van der Waals surface area contributed by atoms with Gasteiger partial charge in [0, 0.05) is 43.0 Å². The fraction of sp³-hybridized carbons (Fsp3) is 0.407. The summed E-state index contributed by atoms with van der Waals surface area (Å²) in [5.74, 6) is 2.07. The number of rotatable bonds is 10. The number of benzene rings is 2. The molecular weight excluding hydrogens is 566 g/mol. The molecule has 0 aliphatic carbocycles. The molecule has 3 heterocycles. The van der Waals surface area contributed by atoms with Crippen molar-refractivity contribution in [1.29, 1.82) is 0 Å². The molecule has 2 aliphatic rings. The Morgan fingerprint density at radius 1 is 1.05 bits per heavy atom. The molecule has 0 spiro atoms. The van der Waals surface area contributed by atoms with Crippen molar-refractivity contribution < 1.29 is 21.6 Å². The van der Waals surface area contributed by atoms with Crippen molar-refractivity contribution in [1.82, 2.24) is 14.7 Å². The molecular formula is C27H35N7O5S2. The second-order valence-corrected chi connectivity index (χ2v) is 13.3. The largest absolute Gasteiger partial charge is 0.494 e. The van der Waals surface area contributed by atoms with E-state index in [2.05, 4.69) is 30.6 Å². The minimum atomic E-state index is -3.75. The van der Waals surface area contributed by atoms with Crippen molar-refractivity contribution in [2.45, 2.75) is 49.3 Å². The summed E-state index contributed by atoms with van der Waals surface area (Å²) in [6.45, 7) is 5.54. The van der Waals surface area contributed by atoms with E-state index in [0.29, 0.717) is 73.6 Å². The van der Waals surface area contributed by atoms with Crippen LogP contribution >= 0.6 is 0 Å². The highest BCUT2D eigenvalue weighted by molar-refractivity contribution is 7.89. The Morgan fingerprint density at radius 2 is 1.80 bits per heavy atom. The molecule has 1 aromatic heterocycles. The number of hydrogen-bond donors (Lipinski definition) is 5. The normalized spacial score (nSPS) is 15.6. The Balaban J connectivity index is 1.41. The third-order valence-electron chi connectivity index (χ3n) is 7.05. The number of para-hydroxylation sites is 1. The quantitative estimate of drug-likeness (QED) is 0.218. The zero-order chi connectivity index (χ0) is 29.1. The Morgan fingerprint density at radius 3 is 2.51 bits per heavy atom. The maximum Gasteiger partial charge on any atom is 0.242 e. The monoisotopic (exact) mass is 601 g/mol. The maximum absolute atomic E-state index is 13.0. The lowest BCUT2D eigenvalue weighted by Crippen LogP contribution is -2.36. The second kappa shape index (κ2) is 12.1. The van der Waals surface area contributed by atoms with E-state index in [1.54, 1.807) is 45.2 Å². The fourth-order valence-electron chi connectivity index (χ4n) is 5.07. The first-order valence-electron chi connectivity index (χ1n) is 13.5. The molecule has 0 bridgehead atoms. The molecule has 1 fully saturated rings.